The van der Waals surface area contributed by atoms with Gasteiger partial charge in [-0.3, -0.25) is 13.9 Å². The van der Waals surface area contributed by atoms with Gasteiger partial charge in [0.1, 0.15) is 0 Å². The molecular weight excluding hydrogens is 283 g/mol. The van der Waals surface area contributed by atoms with Crippen molar-refractivity contribution >= 4 is 16.4 Å². The third kappa shape index (κ3) is 46.0. The SMILES string of the molecule is C=CCCCCCCCCC(=O)O.O=S(=O)(O)O.[H-].[Na+]. The molecule has 0 fully saturated rings. The van der Waals surface area contributed by atoms with Crippen LogP contribution in [0.25, 0.3) is 0 Å². The largest absolute Gasteiger partial charge is 1.00 e. The van der Waals surface area contributed by atoms with Crippen LogP contribution in [0.1, 0.15) is 52.8 Å². The monoisotopic (exact) mass is 306 g/mol. The Morgan fingerprint density at radius 2 is 1.42 bits per heavy atom. The van der Waals surface area contributed by atoms with Crippen molar-refractivity contribution in [3.63, 3.8) is 0 Å². The molecule has 3 N–H and O–H groups in total. The second-order valence-electron chi connectivity index (χ2n) is 3.79. The molecule has 0 aliphatic heterocycles. The van der Waals surface area contributed by atoms with E-state index in [0.29, 0.717) is 6.42 Å². The Labute approximate surface area is 138 Å². The molecule has 0 amide bonds. The van der Waals surface area contributed by atoms with E-state index in [4.69, 9.17) is 22.6 Å². The second-order valence-corrected chi connectivity index (χ2v) is 4.69. The average molecular weight is 306 g/mol. The van der Waals surface area contributed by atoms with Crippen LogP contribution >= 0.6 is 0 Å². The molecule has 0 aliphatic rings. The molecule has 0 aliphatic carbocycles. The summed E-state index contributed by atoms with van der Waals surface area (Å²) in [5.74, 6) is -0.674. The van der Waals surface area contributed by atoms with Gasteiger partial charge in [0, 0.05) is 6.42 Å². The molecule has 0 spiro atoms. The minimum absolute atomic E-state index is 0. The summed E-state index contributed by atoms with van der Waals surface area (Å²) < 4.78 is 31.6. The van der Waals surface area contributed by atoms with Gasteiger partial charge < -0.3 is 6.53 Å². The molecule has 0 unspecified atom stereocenters. The molecule has 0 aromatic rings. The van der Waals surface area contributed by atoms with Crippen LogP contribution in [0.2, 0.25) is 0 Å². The zero-order chi connectivity index (χ0) is 14.4. The van der Waals surface area contributed by atoms with Gasteiger partial charge in [-0.25, -0.2) is 0 Å². The van der Waals surface area contributed by atoms with Crippen molar-refractivity contribution in [3.05, 3.63) is 12.7 Å². The van der Waals surface area contributed by atoms with Crippen molar-refractivity contribution in [1.29, 1.82) is 0 Å². The first-order valence-electron chi connectivity index (χ1n) is 5.80. The van der Waals surface area contributed by atoms with E-state index in [9.17, 15) is 4.79 Å². The minimum Gasteiger partial charge on any atom is -1.00 e. The predicted molar refractivity (Wildman–Crippen MR) is 70.1 cm³/mol. The fourth-order valence-electron chi connectivity index (χ4n) is 1.27. The number of rotatable bonds is 9. The maximum Gasteiger partial charge on any atom is 1.00 e. The summed E-state index contributed by atoms with van der Waals surface area (Å²) in [5, 5.41) is 8.38. The molecule has 0 bridgehead atoms. The van der Waals surface area contributed by atoms with Crippen LogP contribution in [0.15, 0.2) is 12.7 Å². The van der Waals surface area contributed by atoms with Crippen LogP contribution in [0.3, 0.4) is 0 Å². The molecule has 110 valence electrons. The molecule has 19 heavy (non-hydrogen) atoms. The maximum atomic E-state index is 10.2. The van der Waals surface area contributed by atoms with E-state index in [1.54, 1.807) is 0 Å². The van der Waals surface area contributed by atoms with Crippen molar-refractivity contribution in [2.75, 3.05) is 0 Å². The topological polar surface area (TPSA) is 112 Å². The van der Waals surface area contributed by atoms with Gasteiger partial charge in [-0.05, 0) is 19.3 Å². The van der Waals surface area contributed by atoms with Gasteiger partial charge in [0.2, 0.25) is 0 Å². The van der Waals surface area contributed by atoms with Gasteiger partial charge >= 0.3 is 45.9 Å². The van der Waals surface area contributed by atoms with E-state index in [-0.39, 0.29) is 31.0 Å². The van der Waals surface area contributed by atoms with Crippen molar-refractivity contribution in [2.45, 2.75) is 51.4 Å². The molecule has 0 saturated carbocycles. The van der Waals surface area contributed by atoms with Crippen molar-refractivity contribution in [3.8, 4) is 0 Å². The number of carboxylic acid groups (broad SMARTS) is 1. The molecular formula is C11H23NaO6S. The summed E-state index contributed by atoms with van der Waals surface area (Å²) in [5.41, 5.74) is 0. The number of carbonyl (C=O) groups is 1. The van der Waals surface area contributed by atoms with Crippen LogP contribution in [0, 0.1) is 0 Å². The van der Waals surface area contributed by atoms with Crippen LogP contribution in [0.5, 0.6) is 0 Å². The molecule has 0 radical (unpaired) electrons. The van der Waals surface area contributed by atoms with E-state index in [1.165, 1.54) is 25.7 Å². The average Bonchev–Trinajstić information content (AvgIpc) is 2.19. The zero-order valence-electron chi connectivity index (χ0n) is 12.4. The van der Waals surface area contributed by atoms with Gasteiger partial charge in [0.15, 0.2) is 0 Å². The molecule has 6 nitrogen and oxygen atoms in total. The van der Waals surface area contributed by atoms with Gasteiger partial charge in [-0.2, -0.15) is 8.42 Å². The standard InChI is InChI=1S/C11H20O2.Na.H2O4S.H/c1-2-3-4-5-6-7-8-9-10-11(12)13;;1-5(2,3)4;/h2H,1,3-10H2,(H,12,13);;(H2,1,2,3,4);/q;+1;;-1. The number of allylic oxidation sites excluding steroid dienone is 1. The number of hydrogen-bond donors (Lipinski definition) is 3. The molecule has 0 saturated heterocycles. The molecule has 0 rings (SSSR count). The van der Waals surface area contributed by atoms with E-state index in [2.05, 4.69) is 6.58 Å². The van der Waals surface area contributed by atoms with Crippen molar-refractivity contribution in [2.24, 2.45) is 0 Å². The first kappa shape index (κ1) is 24.1. The summed E-state index contributed by atoms with van der Waals surface area (Å²) >= 11 is 0. The summed E-state index contributed by atoms with van der Waals surface area (Å²) in [6.45, 7) is 3.66. The normalized spacial score (nSPS) is 9.79. The maximum absolute atomic E-state index is 10.2. The van der Waals surface area contributed by atoms with E-state index < -0.39 is 16.4 Å². The number of aliphatic carboxylic acids is 1. The third-order valence-electron chi connectivity index (χ3n) is 2.05. The molecule has 0 aromatic heterocycles. The van der Waals surface area contributed by atoms with Crippen LogP contribution in [-0.2, 0) is 15.2 Å². The van der Waals surface area contributed by atoms with Crippen LogP contribution in [-0.4, -0.2) is 28.6 Å². The van der Waals surface area contributed by atoms with Crippen molar-refractivity contribution in [1.82, 2.24) is 0 Å². The van der Waals surface area contributed by atoms with Crippen molar-refractivity contribution < 1.29 is 58.4 Å². The van der Waals surface area contributed by atoms with Crippen LogP contribution in [0.4, 0.5) is 0 Å². The zero-order valence-corrected chi connectivity index (χ0v) is 14.2. The molecule has 0 heterocycles. The molecule has 0 aromatic carbocycles. The Morgan fingerprint density at radius 3 is 1.79 bits per heavy atom. The Kier molecular flexibility index (Phi) is 20.5. The number of carboxylic acids is 1. The van der Waals surface area contributed by atoms with Gasteiger partial charge in [0.25, 0.3) is 0 Å². The van der Waals surface area contributed by atoms with E-state index in [0.717, 1.165) is 19.3 Å². The predicted octanol–water partition coefficient (Wildman–Crippen LogP) is -0.158. The Bertz CT molecular complexity index is 313. The summed E-state index contributed by atoms with van der Waals surface area (Å²) in [4.78, 5) is 10.2. The molecule has 0 atom stereocenters. The van der Waals surface area contributed by atoms with Gasteiger partial charge in [0.05, 0.1) is 0 Å². The first-order valence-corrected chi connectivity index (χ1v) is 7.19. The Balaban J connectivity index is -0.000000158. The fraction of sp³-hybridized carbons (Fsp3) is 0.727. The summed E-state index contributed by atoms with van der Waals surface area (Å²) in [6.07, 6.45) is 10.1. The Hall–Kier alpha value is 0.0800. The number of hydrogen-bond acceptors (Lipinski definition) is 3. The Morgan fingerprint density at radius 1 is 1.05 bits per heavy atom. The van der Waals surface area contributed by atoms with Crippen LogP contribution < -0.4 is 29.6 Å². The van der Waals surface area contributed by atoms with E-state index in [1.807, 2.05) is 6.08 Å². The fourth-order valence-corrected chi connectivity index (χ4v) is 1.27. The summed E-state index contributed by atoms with van der Waals surface area (Å²) in [7, 11) is -4.67. The number of unbranched alkanes of at least 4 members (excludes halogenated alkanes) is 6. The van der Waals surface area contributed by atoms with Gasteiger partial charge in [-0.15, -0.1) is 6.58 Å². The smallest absolute Gasteiger partial charge is 1.00 e. The summed E-state index contributed by atoms with van der Waals surface area (Å²) in [6, 6.07) is 0. The molecule has 8 heteroatoms. The quantitative estimate of drug-likeness (QED) is 0.236. The third-order valence-corrected chi connectivity index (χ3v) is 2.05. The second kappa shape index (κ2) is 16.1. The van der Waals surface area contributed by atoms with Gasteiger partial charge in [-0.1, -0.05) is 31.8 Å². The first-order chi connectivity index (χ1) is 8.27. The minimum atomic E-state index is -4.67. The van der Waals surface area contributed by atoms with E-state index >= 15 is 0 Å².